The molecule has 0 saturated carbocycles. The highest BCUT2D eigenvalue weighted by molar-refractivity contribution is 7.80. The van der Waals surface area contributed by atoms with Gasteiger partial charge in [0.05, 0.1) is 6.61 Å². The van der Waals surface area contributed by atoms with Gasteiger partial charge < -0.3 is 19.9 Å². The third kappa shape index (κ3) is 4.72. The molecule has 5 rings (SSSR count). The Morgan fingerprint density at radius 2 is 1.61 bits per heavy atom. The summed E-state index contributed by atoms with van der Waals surface area (Å²) in [4.78, 5) is 17.3. The normalized spacial score (nSPS) is 19.5. The number of nitrogens with one attached hydrogen (secondary N) is 1. The highest BCUT2D eigenvalue weighted by Gasteiger charge is 2.42. The van der Waals surface area contributed by atoms with E-state index in [2.05, 4.69) is 34.5 Å². The van der Waals surface area contributed by atoms with Crippen LogP contribution in [0.3, 0.4) is 0 Å². The maximum atomic E-state index is 13.0. The van der Waals surface area contributed by atoms with Crippen LogP contribution in [-0.4, -0.2) is 59.6 Å². The largest absolute Gasteiger partial charge is 0.494 e. The molecule has 5 nitrogen and oxygen atoms in total. The molecule has 0 unspecified atom stereocenters. The zero-order valence-corrected chi connectivity index (χ0v) is 20.2. The minimum absolute atomic E-state index is 0.126. The number of ether oxygens (including phenoxy) is 1. The quantitative estimate of drug-likeness (QED) is 0.693. The number of fused-ring (bicyclic) bond motifs is 1. The molecule has 1 amide bonds. The Balaban J connectivity index is 1.12. The van der Waals surface area contributed by atoms with Crippen molar-refractivity contribution >= 4 is 23.2 Å². The number of amides is 1. The zero-order valence-electron chi connectivity index (χ0n) is 19.4. The topological polar surface area (TPSA) is 44.8 Å². The molecule has 1 spiro atoms. The van der Waals surface area contributed by atoms with Crippen molar-refractivity contribution in [1.29, 1.82) is 0 Å². The van der Waals surface area contributed by atoms with Crippen LogP contribution in [0, 0.1) is 5.41 Å². The first-order valence-corrected chi connectivity index (χ1v) is 12.6. The molecule has 3 aliphatic rings. The monoisotopic (exact) mass is 463 g/mol. The molecule has 1 aliphatic carbocycles. The molecule has 0 radical (unpaired) electrons. The Morgan fingerprint density at radius 3 is 2.21 bits per heavy atom. The van der Waals surface area contributed by atoms with Gasteiger partial charge in [-0.2, -0.15) is 0 Å². The van der Waals surface area contributed by atoms with E-state index < -0.39 is 0 Å². The number of carbonyl (C=O) groups excluding carboxylic acids is 1. The lowest BCUT2D eigenvalue weighted by atomic mass is 9.77. The average molecular weight is 464 g/mol. The summed E-state index contributed by atoms with van der Waals surface area (Å²) in [5.74, 6) is 0.935. The van der Waals surface area contributed by atoms with Crippen LogP contribution in [0.2, 0.25) is 0 Å². The van der Waals surface area contributed by atoms with Crippen LogP contribution in [0.4, 0.5) is 0 Å². The highest BCUT2D eigenvalue weighted by atomic mass is 32.1. The molecule has 2 aromatic carbocycles. The fraction of sp³-hybridized carbons (Fsp3) is 0.481. The van der Waals surface area contributed by atoms with E-state index in [0.29, 0.717) is 12.6 Å². The van der Waals surface area contributed by atoms with E-state index in [4.69, 9.17) is 17.0 Å². The number of carbonyl (C=O) groups is 1. The zero-order chi connectivity index (χ0) is 22.8. The third-order valence-corrected chi connectivity index (χ3v) is 8.00. The van der Waals surface area contributed by atoms with E-state index in [-0.39, 0.29) is 11.3 Å². The Labute approximate surface area is 202 Å². The van der Waals surface area contributed by atoms with Crippen LogP contribution in [0.5, 0.6) is 5.75 Å². The van der Waals surface area contributed by atoms with Gasteiger partial charge >= 0.3 is 0 Å². The molecule has 174 valence electrons. The molecule has 2 aromatic rings. The number of rotatable bonds is 4. The van der Waals surface area contributed by atoms with E-state index >= 15 is 0 Å². The van der Waals surface area contributed by atoms with Gasteiger partial charge in [-0.05, 0) is 92.1 Å². The molecule has 0 bridgehead atoms. The molecule has 0 aromatic heterocycles. The molecular formula is C27H33N3O2S. The number of likely N-dealkylation sites (tertiary alicyclic amines) is 2. The Kier molecular flexibility index (Phi) is 6.28. The number of thiocarbonyl (C=S) groups is 1. The van der Waals surface area contributed by atoms with Crippen molar-refractivity contribution < 1.29 is 9.53 Å². The van der Waals surface area contributed by atoms with E-state index in [9.17, 15) is 4.79 Å². The maximum absolute atomic E-state index is 13.0. The SMILES string of the molecule is CCOc1ccc(C(=O)N2CCC3(CC2)CCN(C(=S)NC2Cc4ccccc4C2)C3)cc1. The second-order valence-corrected chi connectivity index (χ2v) is 10.1. The molecule has 6 heteroatoms. The van der Waals surface area contributed by atoms with Crippen molar-refractivity contribution in [2.24, 2.45) is 5.41 Å². The van der Waals surface area contributed by atoms with Gasteiger partial charge in [-0.1, -0.05) is 24.3 Å². The fourth-order valence-electron chi connectivity index (χ4n) is 5.67. The summed E-state index contributed by atoms with van der Waals surface area (Å²) in [6, 6.07) is 16.6. The van der Waals surface area contributed by atoms with Gasteiger partial charge in [-0.15, -0.1) is 0 Å². The number of piperidine rings is 1. The summed E-state index contributed by atoms with van der Waals surface area (Å²) in [7, 11) is 0. The van der Waals surface area contributed by atoms with E-state index in [0.717, 1.165) is 74.7 Å². The van der Waals surface area contributed by atoms with Crippen molar-refractivity contribution in [1.82, 2.24) is 15.1 Å². The Bertz CT molecular complexity index is 989. The summed E-state index contributed by atoms with van der Waals surface area (Å²) >= 11 is 5.81. The van der Waals surface area contributed by atoms with Crippen LogP contribution in [0.1, 0.15) is 47.7 Å². The Hall–Kier alpha value is -2.60. The van der Waals surface area contributed by atoms with Gasteiger partial charge in [0.2, 0.25) is 0 Å². The number of benzene rings is 2. The molecule has 0 atom stereocenters. The van der Waals surface area contributed by atoms with Gasteiger partial charge in [-0.3, -0.25) is 4.79 Å². The molecular weight excluding hydrogens is 430 g/mol. The number of hydrogen-bond donors (Lipinski definition) is 1. The van der Waals surface area contributed by atoms with Crippen LogP contribution in [-0.2, 0) is 12.8 Å². The summed E-state index contributed by atoms with van der Waals surface area (Å²) in [5, 5.41) is 4.53. The molecule has 33 heavy (non-hydrogen) atoms. The summed E-state index contributed by atoms with van der Waals surface area (Å²) in [5.41, 5.74) is 3.91. The minimum Gasteiger partial charge on any atom is -0.494 e. The lowest BCUT2D eigenvalue weighted by molar-refractivity contribution is 0.0598. The van der Waals surface area contributed by atoms with E-state index in [1.807, 2.05) is 36.1 Å². The van der Waals surface area contributed by atoms with E-state index in [1.54, 1.807) is 0 Å². The first-order valence-electron chi connectivity index (χ1n) is 12.2. The lowest BCUT2D eigenvalue weighted by Gasteiger charge is -2.39. The van der Waals surface area contributed by atoms with E-state index in [1.165, 1.54) is 11.1 Å². The second kappa shape index (κ2) is 9.34. The molecule has 2 heterocycles. The van der Waals surface area contributed by atoms with Gasteiger partial charge in [0.1, 0.15) is 5.75 Å². The van der Waals surface area contributed by atoms with Crippen molar-refractivity contribution in [2.75, 3.05) is 32.8 Å². The van der Waals surface area contributed by atoms with Crippen molar-refractivity contribution in [3.8, 4) is 5.75 Å². The molecule has 1 N–H and O–H groups in total. The highest BCUT2D eigenvalue weighted by Crippen LogP contribution is 2.40. The minimum atomic E-state index is 0.126. The summed E-state index contributed by atoms with van der Waals surface area (Å²) in [6.07, 6.45) is 5.36. The van der Waals surface area contributed by atoms with Gasteiger partial charge in [0.15, 0.2) is 5.11 Å². The van der Waals surface area contributed by atoms with Gasteiger partial charge in [-0.25, -0.2) is 0 Å². The van der Waals surface area contributed by atoms with Crippen LogP contribution >= 0.6 is 12.2 Å². The predicted octanol–water partition coefficient (Wildman–Crippen LogP) is 4.06. The van der Waals surface area contributed by atoms with Crippen molar-refractivity contribution in [3.05, 3.63) is 65.2 Å². The summed E-state index contributed by atoms with van der Waals surface area (Å²) < 4.78 is 5.49. The summed E-state index contributed by atoms with van der Waals surface area (Å²) in [6.45, 7) is 6.24. The molecule has 2 aliphatic heterocycles. The average Bonchev–Trinajstić information content (AvgIpc) is 3.44. The number of hydrogen-bond acceptors (Lipinski definition) is 3. The first kappa shape index (κ1) is 22.2. The fourth-order valence-corrected chi connectivity index (χ4v) is 5.99. The van der Waals surface area contributed by atoms with Gasteiger partial charge in [0.25, 0.3) is 5.91 Å². The van der Waals surface area contributed by atoms with Crippen LogP contribution < -0.4 is 10.1 Å². The van der Waals surface area contributed by atoms with Crippen molar-refractivity contribution in [2.45, 2.75) is 45.1 Å². The predicted molar refractivity (Wildman–Crippen MR) is 135 cm³/mol. The van der Waals surface area contributed by atoms with Crippen LogP contribution in [0.25, 0.3) is 0 Å². The standard InChI is InChI=1S/C27H33N3O2S/c1-2-32-24-9-7-20(8-10-24)25(31)29-14-11-27(12-15-29)13-16-30(19-27)26(33)28-23-17-21-5-3-4-6-22(21)18-23/h3-10,23H,2,11-19H2,1H3,(H,28,33). The van der Waals surface area contributed by atoms with Gasteiger partial charge in [0, 0.05) is 37.8 Å². The van der Waals surface area contributed by atoms with Crippen molar-refractivity contribution in [3.63, 3.8) is 0 Å². The second-order valence-electron chi connectivity index (χ2n) is 9.74. The van der Waals surface area contributed by atoms with Crippen LogP contribution in [0.15, 0.2) is 48.5 Å². The first-order chi connectivity index (χ1) is 16.0. The third-order valence-electron chi connectivity index (χ3n) is 7.63. The maximum Gasteiger partial charge on any atom is 0.253 e. The molecule has 2 saturated heterocycles. The molecule has 2 fully saturated rings. The lowest BCUT2D eigenvalue weighted by Crippen LogP contribution is -2.47. The Morgan fingerprint density at radius 1 is 1.00 bits per heavy atom. The smallest absolute Gasteiger partial charge is 0.253 e. The number of nitrogens with zero attached hydrogens (tertiary/aromatic N) is 2.